The number of hydrogen-bond acceptors (Lipinski definition) is 7. The molecular formula is C13H19N7S. The van der Waals surface area contributed by atoms with E-state index in [1.54, 1.807) is 17.1 Å². The van der Waals surface area contributed by atoms with Gasteiger partial charge in [-0.3, -0.25) is 4.57 Å². The predicted octanol–water partition coefficient (Wildman–Crippen LogP) is 1.80. The van der Waals surface area contributed by atoms with E-state index in [1.165, 1.54) is 18.6 Å². The van der Waals surface area contributed by atoms with Gasteiger partial charge in [-0.2, -0.15) is 26.7 Å². The second-order valence-electron chi connectivity index (χ2n) is 4.80. The van der Waals surface area contributed by atoms with Gasteiger partial charge in [-0.25, -0.2) is 4.98 Å². The first-order chi connectivity index (χ1) is 10.3. The second-order valence-corrected chi connectivity index (χ2v) is 6.21. The maximum Gasteiger partial charge on any atom is 0.241 e. The summed E-state index contributed by atoms with van der Waals surface area (Å²) in [5.74, 6) is 3.02. The minimum absolute atomic E-state index is 0.569. The van der Waals surface area contributed by atoms with E-state index in [0.717, 1.165) is 13.1 Å². The summed E-state index contributed by atoms with van der Waals surface area (Å²) in [6, 6.07) is 0. The van der Waals surface area contributed by atoms with E-state index < -0.39 is 0 Å². The van der Waals surface area contributed by atoms with Crippen molar-refractivity contribution in [1.82, 2.24) is 24.5 Å². The third-order valence-electron chi connectivity index (χ3n) is 3.21. The molecule has 0 spiro atoms. The number of hydrogen-bond donors (Lipinski definition) is 2. The van der Waals surface area contributed by atoms with Crippen molar-refractivity contribution in [2.24, 2.45) is 0 Å². The van der Waals surface area contributed by atoms with Gasteiger partial charge in [0.2, 0.25) is 17.8 Å². The van der Waals surface area contributed by atoms with E-state index in [9.17, 15) is 0 Å². The Balaban J connectivity index is 1.77. The molecule has 1 fully saturated rings. The van der Waals surface area contributed by atoms with Crippen LogP contribution >= 0.6 is 11.8 Å². The molecule has 2 N–H and O–H groups in total. The summed E-state index contributed by atoms with van der Waals surface area (Å²) in [5.41, 5.74) is 0. The normalized spacial score (nSPS) is 17.9. The Morgan fingerprint density at radius 1 is 1.29 bits per heavy atom. The highest BCUT2D eigenvalue weighted by atomic mass is 32.2. The van der Waals surface area contributed by atoms with Crippen LogP contribution in [0.15, 0.2) is 18.7 Å². The van der Waals surface area contributed by atoms with Crippen LogP contribution in [0.1, 0.15) is 19.8 Å². The molecule has 0 bridgehead atoms. The van der Waals surface area contributed by atoms with E-state index in [-0.39, 0.29) is 0 Å². The summed E-state index contributed by atoms with van der Waals surface area (Å²) < 4.78 is 1.78. The first-order valence-corrected chi connectivity index (χ1v) is 8.24. The molecule has 2 aromatic heterocycles. The third-order valence-corrected chi connectivity index (χ3v) is 4.60. The van der Waals surface area contributed by atoms with Crippen LogP contribution in [0.2, 0.25) is 0 Å². The Bertz CT molecular complexity index is 566. The lowest BCUT2D eigenvalue weighted by Gasteiger charge is -2.12. The average molecular weight is 305 g/mol. The monoisotopic (exact) mass is 305 g/mol. The molecule has 1 aliphatic rings. The number of rotatable bonds is 6. The van der Waals surface area contributed by atoms with Crippen LogP contribution in [0.25, 0.3) is 5.95 Å². The summed E-state index contributed by atoms with van der Waals surface area (Å²) in [4.78, 5) is 17.3. The number of nitrogens with one attached hydrogen (secondary N) is 2. The van der Waals surface area contributed by atoms with Gasteiger partial charge in [0.25, 0.3) is 0 Å². The fourth-order valence-electron chi connectivity index (χ4n) is 2.18. The van der Waals surface area contributed by atoms with Gasteiger partial charge in [-0.15, -0.1) is 0 Å². The molecule has 0 saturated carbocycles. The van der Waals surface area contributed by atoms with Crippen LogP contribution in [0, 0.1) is 0 Å². The maximum atomic E-state index is 4.46. The quantitative estimate of drug-likeness (QED) is 0.842. The lowest BCUT2D eigenvalue weighted by molar-refractivity contribution is 0.796. The molecule has 21 heavy (non-hydrogen) atoms. The van der Waals surface area contributed by atoms with Crippen molar-refractivity contribution in [3.05, 3.63) is 18.7 Å². The van der Waals surface area contributed by atoms with Gasteiger partial charge in [0, 0.05) is 30.7 Å². The summed E-state index contributed by atoms with van der Waals surface area (Å²) in [5, 5.41) is 7.12. The molecular weight excluding hydrogens is 286 g/mol. The maximum absolute atomic E-state index is 4.46. The zero-order valence-corrected chi connectivity index (χ0v) is 12.8. The largest absolute Gasteiger partial charge is 0.354 e. The number of thioether (sulfide) groups is 1. The van der Waals surface area contributed by atoms with Crippen molar-refractivity contribution in [3.63, 3.8) is 0 Å². The Hall–Kier alpha value is -1.83. The molecule has 0 radical (unpaired) electrons. The lowest BCUT2D eigenvalue weighted by Crippen LogP contribution is -2.17. The van der Waals surface area contributed by atoms with Gasteiger partial charge in [0.1, 0.15) is 6.33 Å². The molecule has 0 aliphatic carbocycles. The summed E-state index contributed by atoms with van der Waals surface area (Å²) in [6.45, 7) is 3.68. The molecule has 1 unspecified atom stereocenters. The number of imidazole rings is 1. The highest BCUT2D eigenvalue weighted by Gasteiger charge is 2.16. The Morgan fingerprint density at radius 2 is 2.14 bits per heavy atom. The van der Waals surface area contributed by atoms with E-state index >= 15 is 0 Å². The lowest BCUT2D eigenvalue weighted by atomic mass is 10.2. The van der Waals surface area contributed by atoms with Crippen molar-refractivity contribution < 1.29 is 0 Å². The van der Waals surface area contributed by atoms with Crippen molar-refractivity contribution in [1.29, 1.82) is 0 Å². The topological polar surface area (TPSA) is 80.5 Å². The van der Waals surface area contributed by atoms with Crippen molar-refractivity contribution >= 4 is 23.7 Å². The molecule has 8 heteroatoms. The van der Waals surface area contributed by atoms with Crippen molar-refractivity contribution in [3.8, 4) is 5.95 Å². The Kier molecular flexibility index (Phi) is 4.54. The van der Waals surface area contributed by atoms with E-state index in [1.807, 2.05) is 24.9 Å². The summed E-state index contributed by atoms with van der Waals surface area (Å²) >= 11 is 2.01. The van der Waals surface area contributed by atoms with Gasteiger partial charge in [-0.05, 0) is 25.5 Å². The molecule has 7 nitrogen and oxygen atoms in total. The van der Waals surface area contributed by atoms with Gasteiger partial charge in [0.15, 0.2) is 0 Å². The molecule has 1 saturated heterocycles. The minimum Gasteiger partial charge on any atom is -0.354 e. The second kappa shape index (κ2) is 6.75. The Morgan fingerprint density at radius 3 is 2.81 bits per heavy atom. The zero-order chi connectivity index (χ0) is 14.5. The van der Waals surface area contributed by atoms with E-state index in [4.69, 9.17) is 0 Å². The summed E-state index contributed by atoms with van der Waals surface area (Å²) in [7, 11) is 0. The predicted molar refractivity (Wildman–Crippen MR) is 85.1 cm³/mol. The standard InChI is InChI=1S/C13H19N7S/c1-2-15-11-17-12(16-8-10-4-3-7-21-10)19-13(18-11)20-6-5-14-9-20/h5-6,9-10H,2-4,7-8H2,1H3,(H2,15,16,17,18,19). The SMILES string of the molecule is CCNc1nc(NCC2CCCS2)nc(-n2ccnc2)n1. The van der Waals surface area contributed by atoms with Crippen LogP contribution in [0.3, 0.4) is 0 Å². The van der Waals surface area contributed by atoms with Gasteiger partial charge in [-0.1, -0.05) is 0 Å². The first kappa shape index (κ1) is 14.1. The van der Waals surface area contributed by atoms with Gasteiger partial charge < -0.3 is 10.6 Å². The number of aromatic nitrogens is 5. The summed E-state index contributed by atoms with van der Waals surface area (Å²) in [6.07, 6.45) is 7.77. The smallest absolute Gasteiger partial charge is 0.241 e. The third kappa shape index (κ3) is 3.63. The fraction of sp³-hybridized carbons (Fsp3) is 0.538. The van der Waals surface area contributed by atoms with Crippen LogP contribution < -0.4 is 10.6 Å². The molecule has 3 rings (SSSR count). The van der Waals surface area contributed by atoms with Crippen molar-refractivity contribution in [2.75, 3.05) is 29.5 Å². The van der Waals surface area contributed by atoms with Crippen LogP contribution in [-0.2, 0) is 0 Å². The molecule has 0 aromatic carbocycles. The van der Waals surface area contributed by atoms with Gasteiger partial charge in [0.05, 0.1) is 0 Å². The number of anilines is 2. The van der Waals surface area contributed by atoms with Crippen LogP contribution in [-0.4, -0.2) is 48.6 Å². The van der Waals surface area contributed by atoms with Crippen LogP contribution in [0.5, 0.6) is 0 Å². The average Bonchev–Trinajstić information content (AvgIpc) is 3.19. The molecule has 112 valence electrons. The molecule has 2 aromatic rings. The number of nitrogens with zero attached hydrogens (tertiary/aromatic N) is 5. The Labute approximate surface area is 128 Å². The first-order valence-electron chi connectivity index (χ1n) is 7.19. The molecule has 0 amide bonds. The minimum atomic E-state index is 0.569. The highest BCUT2D eigenvalue weighted by molar-refractivity contribution is 8.00. The molecule has 1 atom stereocenters. The van der Waals surface area contributed by atoms with E-state index in [0.29, 0.717) is 23.1 Å². The highest BCUT2D eigenvalue weighted by Crippen LogP contribution is 2.26. The van der Waals surface area contributed by atoms with Crippen molar-refractivity contribution in [2.45, 2.75) is 25.0 Å². The molecule has 3 heterocycles. The zero-order valence-electron chi connectivity index (χ0n) is 12.0. The molecule has 1 aliphatic heterocycles. The fourth-order valence-corrected chi connectivity index (χ4v) is 3.39. The van der Waals surface area contributed by atoms with E-state index in [2.05, 4.69) is 30.6 Å². The van der Waals surface area contributed by atoms with Crippen LogP contribution in [0.4, 0.5) is 11.9 Å². The van der Waals surface area contributed by atoms with Gasteiger partial charge >= 0.3 is 0 Å².